The van der Waals surface area contributed by atoms with Crippen LogP contribution in [-0.4, -0.2) is 17.9 Å². The molecule has 1 aliphatic heterocycles. The van der Waals surface area contributed by atoms with Crippen LogP contribution in [0, 0.1) is 17.3 Å². The Morgan fingerprint density at radius 3 is 2.67 bits per heavy atom. The predicted molar refractivity (Wildman–Crippen MR) is 55.2 cm³/mol. The quantitative estimate of drug-likeness (QED) is 0.621. The fraction of sp³-hybridized carbons (Fsp3) is 0.833. The number of ketones is 1. The topological polar surface area (TPSA) is 43.4 Å². The van der Waals surface area contributed by atoms with Gasteiger partial charge in [-0.25, -0.2) is 0 Å². The van der Waals surface area contributed by atoms with Crippen LogP contribution in [0.3, 0.4) is 0 Å². The summed E-state index contributed by atoms with van der Waals surface area (Å²) in [5, 5.41) is 0. The standard InChI is InChI=1S/C12H18O3/c1-7(2)8-4-9(13)12(3)6-11(14)15-10(12)5-8/h7-8,10H,4-6H2,1-3H3/t8-,10?,12-/m0/s1. The highest BCUT2D eigenvalue weighted by Crippen LogP contribution is 2.46. The van der Waals surface area contributed by atoms with Crippen molar-refractivity contribution in [2.45, 2.75) is 46.1 Å². The number of ether oxygens (including phenoxy) is 1. The van der Waals surface area contributed by atoms with Crippen molar-refractivity contribution in [3.8, 4) is 0 Å². The Labute approximate surface area is 90.2 Å². The number of esters is 1. The molecule has 0 N–H and O–H groups in total. The second kappa shape index (κ2) is 3.32. The Hall–Kier alpha value is -0.860. The molecule has 0 bridgehead atoms. The summed E-state index contributed by atoms with van der Waals surface area (Å²) in [4.78, 5) is 23.3. The van der Waals surface area contributed by atoms with E-state index in [0.717, 1.165) is 6.42 Å². The van der Waals surface area contributed by atoms with Crippen molar-refractivity contribution in [2.75, 3.05) is 0 Å². The summed E-state index contributed by atoms with van der Waals surface area (Å²) in [7, 11) is 0. The molecule has 1 aliphatic carbocycles. The third-order valence-electron chi connectivity index (χ3n) is 4.04. The van der Waals surface area contributed by atoms with E-state index in [2.05, 4.69) is 13.8 Å². The summed E-state index contributed by atoms with van der Waals surface area (Å²) in [5.74, 6) is 0.864. The normalized spacial score (nSPS) is 40.5. The predicted octanol–water partition coefficient (Wildman–Crippen LogP) is 1.94. The van der Waals surface area contributed by atoms with Crippen molar-refractivity contribution in [1.82, 2.24) is 0 Å². The van der Waals surface area contributed by atoms with E-state index in [9.17, 15) is 9.59 Å². The Kier molecular flexibility index (Phi) is 2.36. The van der Waals surface area contributed by atoms with Crippen LogP contribution in [0.1, 0.15) is 40.0 Å². The van der Waals surface area contributed by atoms with Gasteiger partial charge in [-0.3, -0.25) is 9.59 Å². The molecule has 3 atom stereocenters. The second-order valence-corrected chi connectivity index (χ2v) is 5.44. The number of Topliss-reactive ketones (excluding diaryl/α,β-unsaturated/α-hetero) is 1. The summed E-state index contributed by atoms with van der Waals surface area (Å²) in [5.41, 5.74) is -0.525. The lowest BCUT2D eigenvalue weighted by atomic mass is 9.66. The third-order valence-corrected chi connectivity index (χ3v) is 4.04. The van der Waals surface area contributed by atoms with E-state index in [1.807, 2.05) is 6.92 Å². The molecule has 2 aliphatic rings. The Bertz CT molecular complexity index is 308. The minimum absolute atomic E-state index is 0.168. The van der Waals surface area contributed by atoms with Gasteiger partial charge in [0.25, 0.3) is 0 Å². The van der Waals surface area contributed by atoms with Gasteiger partial charge in [-0.05, 0) is 25.2 Å². The number of carbonyl (C=O) groups is 2. The lowest BCUT2D eigenvalue weighted by molar-refractivity contribution is -0.145. The van der Waals surface area contributed by atoms with Crippen molar-refractivity contribution >= 4 is 11.8 Å². The number of hydrogen-bond donors (Lipinski definition) is 0. The van der Waals surface area contributed by atoms with Crippen LogP contribution in [0.15, 0.2) is 0 Å². The second-order valence-electron chi connectivity index (χ2n) is 5.44. The molecule has 2 fully saturated rings. The van der Waals surface area contributed by atoms with Crippen molar-refractivity contribution in [2.24, 2.45) is 17.3 Å². The fourth-order valence-corrected chi connectivity index (χ4v) is 2.67. The van der Waals surface area contributed by atoms with Crippen molar-refractivity contribution in [1.29, 1.82) is 0 Å². The fourth-order valence-electron chi connectivity index (χ4n) is 2.67. The third kappa shape index (κ3) is 1.58. The molecular weight excluding hydrogens is 192 g/mol. The van der Waals surface area contributed by atoms with Gasteiger partial charge in [-0.15, -0.1) is 0 Å². The number of rotatable bonds is 1. The van der Waals surface area contributed by atoms with Crippen molar-refractivity contribution in [3.63, 3.8) is 0 Å². The zero-order valence-corrected chi connectivity index (χ0v) is 9.58. The average Bonchev–Trinajstić information content (AvgIpc) is 2.41. The van der Waals surface area contributed by atoms with Crippen LogP contribution in [0.25, 0.3) is 0 Å². The monoisotopic (exact) mass is 210 g/mol. The molecule has 1 saturated heterocycles. The average molecular weight is 210 g/mol. The first-order valence-electron chi connectivity index (χ1n) is 5.66. The lowest BCUT2D eigenvalue weighted by Crippen LogP contribution is -2.44. The van der Waals surface area contributed by atoms with Crippen molar-refractivity contribution < 1.29 is 14.3 Å². The molecule has 0 aromatic heterocycles. The lowest BCUT2D eigenvalue weighted by Gasteiger charge is -2.37. The molecule has 1 saturated carbocycles. The van der Waals surface area contributed by atoms with E-state index in [1.165, 1.54) is 0 Å². The Balaban J connectivity index is 2.21. The largest absolute Gasteiger partial charge is 0.461 e. The maximum atomic E-state index is 12.0. The zero-order valence-electron chi connectivity index (χ0n) is 9.58. The summed E-state index contributed by atoms with van der Waals surface area (Å²) in [6.45, 7) is 6.12. The minimum Gasteiger partial charge on any atom is -0.461 e. The minimum atomic E-state index is -0.525. The van der Waals surface area contributed by atoms with Gasteiger partial charge in [0.15, 0.2) is 0 Å². The summed E-state index contributed by atoms with van der Waals surface area (Å²) >= 11 is 0. The van der Waals surface area contributed by atoms with E-state index in [-0.39, 0.29) is 24.3 Å². The highest BCUT2D eigenvalue weighted by atomic mass is 16.6. The van der Waals surface area contributed by atoms with Gasteiger partial charge >= 0.3 is 5.97 Å². The molecule has 15 heavy (non-hydrogen) atoms. The smallest absolute Gasteiger partial charge is 0.307 e. The van der Waals surface area contributed by atoms with Gasteiger partial charge in [0.1, 0.15) is 11.9 Å². The summed E-state index contributed by atoms with van der Waals surface area (Å²) in [6.07, 6.45) is 1.58. The maximum Gasteiger partial charge on any atom is 0.307 e. The Morgan fingerprint density at radius 2 is 2.07 bits per heavy atom. The van der Waals surface area contributed by atoms with Gasteiger partial charge in [-0.1, -0.05) is 13.8 Å². The van der Waals surface area contributed by atoms with Crippen molar-refractivity contribution in [3.05, 3.63) is 0 Å². The van der Waals surface area contributed by atoms with Crippen LogP contribution in [-0.2, 0) is 14.3 Å². The van der Waals surface area contributed by atoms with E-state index in [4.69, 9.17) is 4.74 Å². The van der Waals surface area contributed by atoms with E-state index >= 15 is 0 Å². The van der Waals surface area contributed by atoms with Crippen LogP contribution in [0.2, 0.25) is 0 Å². The SMILES string of the molecule is CC(C)[C@H]1CC(=O)[C@]2(C)CC(=O)OC2C1. The van der Waals surface area contributed by atoms with Crippen LogP contribution in [0.5, 0.6) is 0 Å². The first-order chi connectivity index (χ1) is 6.93. The number of hydrogen-bond acceptors (Lipinski definition) is 3. The molecular formula is C12H18O3. The van der Waals surface area contributed by atoms with Crippen LogP contribution in [0.4, 0.5) is 0 Å². The summed E-state index contributed by atoms with van der Waals surface area (Å²) in [6, 6.07) is 0. The molecule has 3 heteroatoms. The van der Waals surface area contributed by atoms with Crippen LogP contribution < -0.4 is 0 Å². The first-order valence-corrected chi connectivity index (χ1v) is 5.66. The van der Waals surface area contributed by atoms with Gasteiger partial charge in [0.05, 0.1) is 11.8 Å². The van der Waals surface area contributed by atoms with E-state index < -0.39 is 5.41 Å². The molecule has 0 radical (unpaired) electrons. The molecule has 1 unspecified atom stereocenters. The Morgan fingerprint density at radius 1 is 1.40 bits per heavy atom. The van der Waals surface area contributed by atoms with E-state index in [1.54, 1.807) is 0 Å². The van der Waals surface area contributed by atoms with Gasteiger partial charge in [0, 0.05) is 6.42 Å². The molecule has 2 rings (SSSR count). The maximum absolute atomic E-state index is 12.0. The van der Waals surface area contributed by atoms with Gasteiger partial charge < -0.3 is 4.74 Å². The highest BCUT2D eigenvalue weighted by molar-refractivity contribution is 5.92. The molecule has 0 spiro atoms. The number of carbonyl (C=O) groups excluding carboxylic acids is 2. The summed E-state index contributed by atoms with van der Waals surface area (Å²) < 4.78 is 5.26. The molecule has 3 nitrogen and oxygen atoms in total. The molecule has 0 amide bonds. The molecule has 0 aromatic carbocycles. The van der Waals surface area contributed by atoms with E-state index in [0.29, 0.717) is 18.3 Å². The van der Waals surface area contributed by atoms with Gasteiger partial charge in [-0.2, -0.15) is 0 Å². The van der Waals surface area contributed by atoms with Crippen LogP contribution >= 0.6 is 0 Å². The molecule has 0 aromatic rings. The molecule has 84 valence electrons. The molecule has 1 heterocycles. The zero-order chi connectivity index (χ0) is 11.2. The van der Waals surface area contributed by atoms with Gasteiger partial charge in [0.2, 0.25) is 0 Å². The highest BCUT2D eigenvalue weighted by Gasteiger charge is 2.54. The number of fused-ring (bicyclic) bond motifs is 1. The first kappa shape index (κ1) is 10.7.